The number of benzene rings is 1. The van der Waals surface area contributed by atoms with Gasteiger partial charge >= 0.3 is 0 Å². The topological polar surface area (TPSA) is 59.1 Å². The molecule has 0 radical (unpaired) electrons. The van der Waals surface area contributed by atoms with Gasteiger partial charge in [0.2, 0.25) is 11.8 Å². The molecule has 0 N–H and O–H groups in total. The van der Waals surface area contributed by atoms with E-state index in [9.17, 15) is 9.59 Å². The Morgan fingerprint density at radius 2 is 1.97 bits per heavy atom. The van der Waals surface area contributed by atoms with E-state index in [-0.39, 0.29) is 17.7 Å². The summed E-state index contributed by atoms with van der Waals surface area (Å²) in [6.45, 7) is 1.77. The molecule has 6 nitrogen and oxygen atoms in total. The summed E-state index contributed by atoms with van der Waals surface area (Å²) in [5.41, 5.74) is 2.25. The van der Waals surface area contributed by atoms with Crippen molar-refractivity contribution in [2.75, 3.05) is 27.3 Å². The lowest BCUT2D eigenvalue weighted by atomic mass is 10.1. The summed E-state index contributed by atoms with van der Waals surface area (Å²) in [4.78, 5) is 29.6. The summed E-state index contributed by atoms with van der Waals surface area (Å²) in [5, 5.41) is 4.14. The van der Waals surface area contributed by atoms with Gasteiger partial charge in [0.25, 0.3) is 0 Å². The minimum absolute atomic E-state index is 0.0695. The van der Waals surface area contributed by atoms with Crippen LogP contribution in [-0.4, -0.2) is 55.0 Å². The molecule has 1 aromatic heterocycles. The van der Waals surface area contributed by atoms with Gasteiger partial charge in [-0.05, 0) is 59.3 Å². The Balaban J connectivity index is 1.36. The fourth-order valence-electron chi connectivity index (χ4n) is 4.04. The number of amides is 2. The molecule has 2 aliphatic rings. The SMILES string of the molecule is COc1ccc(CCN2CC(C(=O)N(Cc3ccsc3)C3CC3)CC2=O)cc1OC. The van der Waals surface area contributed by atoms with E-state index in [0.717, 1.165) is 18.4 Å². The Labute approximate surface area is 181 Å². The van der Waals surface area contributed by atoms with E-state index in [1.54, 1.807) is 25.6 Å². The molecule has 2 heterocycles. The largest absolute Gasteiger partial charge is 0.493 e. The predicted octanol–water partition coefficient (Wildman–Crippen LogP) is 3.35. The van der Waals surface area contributed by atoms with Crippen molar-refractivity contribution in [2.24, 2.45) is 5.92 Å². The average Bonchev–Trinajstić information content (AvgIpc) is 3.34. The molecule has 2 amide bonds. The highest BCUT2D eigenvalue weighted by Gasteiger charge is 2.40. The zero-order valence-corrected chi connectivity index (χ0v) is 18.3. The van der Waals surface area contributed by atoms with Gasteiger partial charge < -0.3 is 19.3 Å². The Hall–Kier alpha value is -2.54. The number of methoxy groups -OCH3 is 2. The number of carbonyl (C=O) groups is 2. The molecule has 1 aliphatic carbocycles. The molecule has 0 bridgehead atoms. The van der Waals surface area contributed by atoms with Crippen molar-refractivity contribution in [1.29, 1.82) is 0 Å². The second kappa shape index (κ2) is 9.08. The van der Waals surface area contributed by atoms with Crippen LogP contribution in [0.3, 0.4) is 0 Å². The molecule has 1 saturated heterocycles. The molecule has 7 heteroatoms. The second-order valence-corrected chi connectivity index (χ2v) is 8.79. The molecule has 30 heavy (non-hydrogen) atoms. The fourth-order valence-corrected chi connectivity index (χ4v) is 4.70. The van der Waals surface area contributed by atoms with Crippen LogP contribution in [0.1, 0.15) is 30.4 Å². The van der Waals surface area contributed by atoms with Crippen molar-refractivity contribution < 1.29 is 19.1 Å². The number of ether oxygens (including phenoxy) is 2. The van der Waals surface area contributed by atoms with Crippen LogP contribution < -0.4 is 9.47 Å². The van der Waals surface area contributed by atoms with E-state index >= 15 is 0 Å². The first-order valence-electron chi connectivity index (χ1n) is 10.4. The van der Waals surface area contributed by atoms with Gasteiger partial charge in [-0.2, -0.15) is 11.3 Å². The standard InChI is InChI=1S/C23H28N2O4S/c1-28-20-6-3-16(11-21(20)29-2)7-9-24-14-18(12-22(24)26)23(27)25(19-4-5-19)13-17-8-10-30-15-17/h3,6,8,10-11,15,18-19H,4-5,7,9,12-14H2,1-2H3. The predicted molar refractivity (Wildman–Crippen MR) is 116 cm³/mol. The monoisotopic (exact) mass is 428 g/mol. The Bertz CT molecular complexity index is 895. The third-order valence-electron chi connectivity index (χ3n) is 5.89. The second-order valence-electron chi connectivity index (χ2n) is 8.01. The lowest BCUT2D eigenvalue weighted by Crippen LogP contribution is -2.38. The summed E-state index contributed by atoms with van der Waals surface area (Å²) in [6, 6.07) is 8.22. The maximum Gasteiger partial charge on any atom is 0.228 e. The first-order valence-corrected chi connectivity index (χ1v) is 11.3. The summed E-state index contributed by atoms with van der Waals surface area (Å²) < 4.78 is 10.6. The Morgan fingerprint density at radius 1 is 1.17 bits per heavy atom. The van der Waals surface area contributed by atoms with Gasteiger partial charge in [0.05, 0.1) is 20.1 Å². The van der Waals surface area contributed by atoms with Crippen LogP contribution in [0, 0.1) is 5.92 Å². The molecule has 0 spiro atoms. The van der Waals surface area contributed by atoms with Crippen molar-refractivity contribution >= 4 is 23.2 Å². The zero-order valence-electron chi connectivity index (χ0n) is 17.5. The van der Waals surface area contributed by atoms with Gasteiger partial charge in [0.15, 0.2) is 11.5 Å². The smallest absolute Gasteiger partial charge is 0.228 e. The molecular formula is C23H28N2O4S. The maximum absolute atomic E-state index is 13.2. The minimum Gasteiger partial charge on any atom is -0.493 e. The maximum atomic E-state index is 13.2. The third-order valence-corrected chi connectivity index (χ3v) is 6.62. The molecule has 1 aromatic carbocycles. The van der Waals surface area contributed by atoms with E-state index in [2.05, 4.69) is 11.4 Å². The number of carbonyl (C=O) groups excluding carboxylic acids is 2. The molecule has 1 unspecified atom stereocenters. The van der Waals surface area contributed by atoms with Gasteiger partial charge in [0.1, 0.15) is 0 Å². The quantitative estimate of drug-likeness (QED) is 0.615. The van der Waals surface area contributed by atoms with Crippen molar-refractivity contribution in [3.05, 3.63) is 46.2 Å². The van der Waals surface area contributed by atoms with Gasteiger partial charge in [-0.15, -0.1) is 0 Å². The number of thiophene rings is 1. The van der Waals surface area contributed by atoms with Crippen molar-refractivity contribution in [3.8, 4) is 11.5 Å². The first kappa shape index (κ1) is 20.7. The number of rotatable bonds is 9. The Morgan fingerprint density at radius 3 is 2.63 bits per heavy atom. The summed E-state index contributed by atoms with van der Waals surface area (Å²) in [7, 11) is 3.23. The van der Waals surface area contributed by atoms with E-state index < -0.39 is 0 Å². The minimum atomic E-state index is -0.234. The number of hydrogen-bond acceptors (Lipinski definition) is 5. The van der Waals surface area contributed by atoms with E-state index in [1.807, 2.05) is 33.4 Å². The fraction of sp³-hybridized carbons (Fsp3) is 0.478. The van der Waals surface area contributed by atoms with E-state index in [1.165, 1.54) is 5.56 Å². The molecule has 1 atom stereocenters. The van der Waals surface area contributed by atoms with Gasteiger partial charge in [-0.25, -0.2) is 0 Å². The van der Waals surface area contributed by atoms with Crippen LogP contribution in [0.25, 0.3) is 0 Å². The average molecular weight is 429 g/mol. The highest BCUT2D eigenvalue weighted by Crippen LogP contribution is 2.32. The van der Waals surface area contributed by atoms with Gasteiger partial charge in [-0.3, -0.25) is 9.59 Å². The van der Waals surface area contributed by atoms with Crippen LogP contribution >= 0.6 is 11.3 Å². The zero-order chi connectivity index (χ0) is 21.1. The highest BCUT2D eigenvalue weighted by atomic mass is 32.1. The molecule has 1 aliphatic heterocycles. The molecule has 2 aromatic rings. The van der Waals surface area contributed by atoms with Crippen LogP contribution in [-0.2, 0) is 22.6 Å². The molecule has 4 rings (SSSR count). The van der Waals surface area contributed by atoms with E-state index in [0.29, 0.717) is 50.0 Å². The van der Waals surface area contributed by atoms with Crippen LogP contribution in [0.5, 0.6) is 11.5 Å². The third kappa shape index (κ3) is 4.61. The van der Waals surface area contributed by atoms with Crippen molar-refractivity contribution in [3.63, 3.8) is 0 Å². The van der Waals surface area contributed by atoms with Gasteiger partial charge in [-0.1, -0.05) is 6.07 Å². The van der Waals surface area contributed by atoms with Crippen LogP contribution in [0.2, 0.25) is 0 Å². The lowest BCUT2D eigenvalue weighted by molar-refractivity contribution is -0.137. The lowest BCUT2D eigenvalue weighted by Gasteiger charge is -2.25. The van der Waals surface area contributed by atoms with Crippen molar-refractivity contribution in [1.82, 2.24) is 9.80 Å². The highest BCUT2D eigenvalue weighted by molar-refractivity contribution is 7.07. The molecular weight excluding hydrogens is 400 g/mol. The number of hydrogen-bond donors (Lipinski definition) is 0. The van der Waals surface area contributed by atoms with Crippen molar-refractivity contribution in [2.45, 2.75) is 38.3 Å². The van der Waals surface area contributed by atoms with Gasteiger partial charge in [0, 0.05) is 32.1 Å². The summed E-state index contributed by atoms with van der Waals surface area (Å²) >= 11 is 1.65. The normalized spacial score (nSPS) is 18.5. The molecule has 1 saturated carbocycles. The summed E-state index contributed by atoms with van der Waals surface area (Å²) in [5.74, 6) is 1.34. The molecule has 160 valence electrons. The van der Waals surface area contributed by atoms with Crippen LogP contribution in [0.15, 0.2) is 35.0 Å². The number of nitrogens with zero attached hydrogens (tertiary/aromatic N) is 2. The molecule has 2 fully saturated rings. The first-order chi connectivity index (χ1) is 14.6. The van der Waals surface area contributed by atoms with Crippen LogP contribution in [0.4, 0.5) is 0 Å². The Kier molecular flexibility index (Phi) is 6.27. The summed E-state index contributed by atoms with van der Waals surface area (Å²) in [6.07, 6.45) is 3.17. The van der Waals surface area contributed by atoms with E-state index in [4.69, 9.17) is 9.47 Å². The number of likely N-dealkylation sites (tertiary alicyclic amines) is 1.